The van der Waals surface area contributed by atoms with Crippen LogP contribution >= 0.6 is 0 Å². The van der Waals surface area contributed by atoms with Crippen molar-refractivity contribution in [1.82, 2.24) is 0 Å². The van der Waals surface area contributed by atoms with Gasteiger partial charge in [-0.1, -0.05) is 0 Å². The van der Waals surface area contributed by atoms with Crippen LogP contribution in [0.5, 0.6) is 0 Å². The molecule has 0 saturated heterocycles. The average Bonchev–Trinajstić information content (AvgIpc) is 2.94. The Bertz CT molecular complexity index is 76.7. The first-order chi connectivity index (χ1) is 6.91. The van der Waals surface area contributed by atoms with Crippen molar-refractivity contribution in [2.75, 3.05) is 0 Å². The van der Waals surface area contributed by atoms with E-state index in [2.05, 4.69) is 19.6 Å². The number of hydrogen-bond donors (Lipinski definition) is 0. The minimum atomic E-state index is 0. The first kappa shape index (κ1) is 17.8. The van der Waals surface area contributed by atoms with Crippen molar-refractivity contribution in [3.8, 4) is 0 Å². The molecule has 0 nitrogen and oxygen atoms in total. The smallest absolute Gasteiger partial charge is 0.535 e. The van der Waals surface area contributed by atoms with Gasteiger partial charge in [-0.2, -0.15) is 0 Å². The first-order valence-corrected chi connectivity index (χ1v) is 4.54. The van der Waals surface area contributed by atoms with E-state index in [-0.39, 0.29) is 21.7 Å². The molecule has 2 aliphatic rings. The molecule has 0 bridgehead atoms. The second-order valence-corrected chi connectivity index (χ2v) is 2.42. The van der Waals surface area contributed by atoms with Crippen LogP contribution in [0.25, 0.3) is 0 Å². The summed E-state index contributed by atoms with van der Waals surface area (Å²) in [5.41, 5.74) is 0. The zero-order valence-corrected chi connectivity index (χ0v) is 10.5. The molecule has 10 radical (unpaired) electrons. The van der Waals surface area contributed by atoms with Crippen LogP contribution in [-0.2, 0) is 21.7 Å². The Morgan fingerprint density at radius 2 is 0.867 bits per heavy atom. The largest absolute Gasteiger partial charge is 4.00 e. The molecular formula is C14H16Ti+2. The van der Waals surface area contributed by atoms with Gasteiger partial charge in [0.05, 0.1) is 0 Å². The summed E-state index contributed by atoms with van der Waals surface area (Å²) < 4.78 is 0. The zero-order chi connectivity index (χ0) is 10.5. The first-order valence-electron chi connectivity index (χ1n) is 4.54. The molecule has 0 unspecified atom stereocenters. The van der Waals surface area contributed by atoms with Gasteiger partial charge in [-0.25, -0.2) is 0 Å². The Morgan fingerprint density at radius 3 is 0.933 bits per heavy atom. The van der Waals surface area contributed by atoms with Crippen molar-refractivity contribution in [2.24, 2.45) is 0 Å². The number of hydrogen-bond acceptors (Lipinski definition) is 0. The van der Waals surface area contributed by atoms with Gasteiger partial charge in [0.2, 0.25) is 0 Å². The molecule has 2 aliphatic carbocycles. The maximum absolute atomic E-state index is 3.43. The van der Waals surface area contributed by atoms with Crippen molar-refractivity contribution < 1.29 is 21.7 Å². The van der Waals surface area contributed by atoms with Gasteiger partial charge in [0.1, 0.15) is 0 Å². The van der Waals surface area contributed by atoms with Gasteiger partial charge in [0, 0.05) is 0 Å². The predicted molar refractivity (Wildman–Crippen MR) is 61.8 cm³/mol. The normalized spacial score (nSPS) is 17.7. The third kappa shape index (κ3) is 17.1. The molecule has 0 spiro atoms. The molecule has 0 heterocycles. The van der Waals surface area contributed by atoms with Crippen LogP contribution in [0.2, 0.25) is 0 Å². The van der Waals surface area contributed by atoms with Crippen molar-refractivity contribution >= 4 is 0 Å². The summed E-state index contributed by atoms with van der Waals surface area (Å²) in [4.78, 5) is 0. The number of rotatable bonds is 1. The third-order valence-corrected chi connectivity index (χ3v) is 1.29. The summed E-state index contributed by atoms with van der Waals surface area (Å²) >= 11 is 0. The summed E-state index contributed by atoms with van der Waals surface area (Å²) in [5, 5.41) is 0. The second-order valence-electron chi connectivity index (χ2n) is 2.42. The fourth-order valence-corrected chi connectivity index (χ4v) is 0.642. The van der Waals surface area contributed by atoms with Crippen molar-refractivity contribution in [3.63, 3.8) is 0 Å². The molecule has 2 fully saturated rings. The SMILES string of the molecule is C=[C-]C[CH2-].[CH]1[CH][CH][CH][CH]1.[CH]1[CH][CH][CH][CH]1.[Ti+4]. The van der Waals surface area contributed by atoms with E-state index in [0.717, 1.165) is 0 Å². The monoisotopic (exact) mass is 232 g/mol. The van der Waals surface area contributed by atoms with Crippen molar-refractivity contribution in [2.45, 2.75) is 6.42 Å². The molecule has 0 atom stereocenters. The van der Waals surface area contributed by atoms with Gasteiger partial charge in [-0.3, -0.25) is 6.58 Å². The molecule has 2 rings (SSSR count). The van der Waals surface area contributed by atoms with E-state index in [9.17, 15) is 0 Å². The van der Waals surface area contributed by atoms with Crippen LogP contribution < -0.4 is 0 Å². The molecule has 0 aromatic carbocycles. The van der Waals surface area contributed by atoms with Gasteiger partial charge in [0.15, 0.2) is 0 Å². The molecule has 0 aliphatic heterocycles. The molecule has 0 aromatic heterocycles. The number of allylic oxidation sites excluding steroid dienone is 1. The Kier molecular flexibility index (Phi) is 20.1. The molecule has 2 saturated carbocycles. The molecular weight excluding hydrogens is 216 g/mol. The maximum atomic E-state index is 3.43. The van der Waals surface area contributed by atoms with E-state index in [0.29, 0.717) is 6.42 Å². The Morgan fingerprint density at radius 1 is 0.733 bits per heavy atom. The van der Waals surface area contributed by atoms with Gasteiger partial charge in [-0.15, -0.1) is 0 Å². The molecule has 0 aromatic rings. The van der Waals surface area contributed by atoms with E-state index in [1.165, 1.54) is 0 Å². The maximum Gasteiger partial charge on any atom is 4.00 e. The quantitative estimate of drug-likeness (QED) is 0.481. The Labute approximate surface area is 112 Å². The van der Waals surface area contributed by atoms with Gasteiger partial charge in [-0.05, 0) is 64.2 Å². The van der Waals surface area contributed by atoms with Crippen molar-refractivity contribution in [1.29, 1.82) is 0 Å². The third-order valence-electron chi connectivity index (χ3n) is 1.29. The minimum absolute atomic E-state index is 0. The zero-order valence-electron chi connectivity index (χ0n) is 8.89. The van der Waals surface area contributed by atoms with Crippen LogP contribution in [0.4, 0.5) is 0 Å². The van der Waals surface area contributed by atoms with Crippen LogP contribution in [0, 0.1) is 77.2 Å². The van der Waals surface area contributed by atoms with E-state index in [4.69, 9.17) is 0 Å². The summed E-state index contributed by atoms with van der Waals surface area (Å²) in [6.07, 6.45) is 23.3. The fourth-order valence-electron chi connectivity index (χ4n) is 0.642. The summed E-state index contributed by atoms with van der Waals surface area (Å²) in [5.74, 6) is 0. The summed E-state index contributed by atoms with van der Waals surface area (Å²) in [6, 6.07) is 0. The predicted octanol–water partition coefficient (Wildman–Crippen LogP) is 3.24. The summed E-state index contributed by atoms with van der Waals surface area (Å²) in [7, 11) is 0. The van der Waals surface area contributed by atoms with Crippen LogP contribution in [0.3, 0.4) is 0 Å². The van der Waals surface area contributed by atoms with Crippen molar-refractivity contribution in [3.05, 3.63) is 83.8 Å². The molecule has 0 N–H and O–H groups in total. The topological polar surface area (TPSA) is 0 Å². The van der Waals surface area contributed by atoms with Gasteiger partial charge >= 0.3 is 21.7 Å². The summed E-state index contributed by atoms with van der Waals surface area (Å²) in [6.45, 7) is 6.72. The Hall–Kier alpha value is 0.454. The standard InChI is InChI=1S/2C5H5.C4H6.Ti/c2*1-2-4-5-3-1;1-3-4-2;/h2*1-5H;1-3H2;/q;;-2;+4. The van der Waals surface area contributed by atoms with Gasteiger partial charge < -0.3 is 19.4 Å². The molecule has 0 amide bonds. The van der Waals surface area contributed by atoms with E-state index < -0.39 is 0 Å². The van der Waals surface area contributed by atoms with E-state index in [1.807, 2.05) is 64.2 Å². The van der Waals surface area contributed by atoms with E-state index >= 15 is 0 Å². The van der Waals surface area contributed by atoms with Crippen LogP contribution in [0.1, 0.15) is 6.42 Å². The average molecular weight is 232 g/mol. The van der Waals surface area contributed by atoms with Crippen LogP contribution in [-0.4, -0.2) is 0 Å². The van der Waals surface area contributed by atoms with Crippen LogP contribution in [0.15, 0.2) is 6.58 Å². The molecule has 74 valence electrons. The van der Waals surface area contributed by atoms with Gasteiger partial charge in [0.25, 0.3) is 0 Å². The molecule has 1 heteroatoms. The Balaban J connectivity index is 0. The fraction of sp³-hybridized carbons (Fsp3) is 0.0714. The second kappa shape index (κ2) is 16.9. The minimum Gasteiger partial charge on any atom is -0.535 e. The molecule has 15 heavy (non-hydrogen) atoms. The van der Waals surface area contributed by atoms with E-state index in [1.54, 1.807) is 0 Å².